The van der Waals surface area contributed by atoms with Crippen molar-refractivity contribution in [1.82, 2.24) is 5.32 Å². The highest BCUT2D eigenvalue weighted by Crippen LogP contribution is 2.28. The van der Waals surface area contributed by atoms with Gasteiger partial charge in [-0.05, 0) is 32.2 Å². The number of alkyl halides is 3. The SMILES string of the molecule is CNC1CCCC1CCOCCC(F)(F)F. The van der Waals surface area contributed by atoms with Gasteiger partial charge < -0.3 is 10.1 Å². The van der Waals surface area contributed by atoms with E-state index in [0.29, 0.717) is 18.6 Å². The molecule has 1 aliphatic carbocycles. The third-order valence-corrected chi connectivity index (χ3v) is 3.19. The molecular formula is C11H20F3NO. The third-order valence-electron chi connectivity index (χ3n) is 3.19. The molecule has 5 heteroatoms. The highest BCUT2D eigenvalue weighted by Gasteiger charge is 2.27. The van der Waals surface area contributed by atoms with E-state index in [0.717, 1.165) is 12.8 Å². The van der Waals surface area contributed by atoms with Gasteiger partial charge in [0.25, 0.3) is 0 Å². The molecule has 96 valence electrons. The van der Waals surface area contributed by atoms with Crippen LogP contribution in [0.5, 0.6) is 0 Å². The first-order chi connectivity index (χ1) is 7.53. The number of hydrogen-bond donors (Lipinski definition) is 1. The second-order valence-electron chi connectivity index (χ2n) is 4.35. The molecule has 16 heavy (non-hydrogen) atoms. The number of ether oxygens (including phenoxy) is 1. The van der Waals surface area contributed by atoms with E-state index in [2.05, 4.69) is 5.32 Å². The van der Waals surface area contributed by atoms with Crippen LogP contribution >= 0.6 is 0 Å². The molecule has 1 fully saturated rings. The van der Waals surface area contributed by atoms with Crippen molar-refractivity contribution >= 4 is 0 Å². The van der Waals surface area contributed by atoms with Crippen molar-refractivity contribution in [3.63, 3.8) is 0 Å². The summed E-state index contributed by atoms with van der Waals surface area (Å²) in [4.78, 5) is 0. The average Bonchev–Trinajstić information content (AvgIpc) is 2.63. The van der Waals surface area contributed by atoms with Gasteiger partial charge >= 0.3 is 6.18 Å². The maximum absolute atomic E-state index is 11.8. The zero-order valence-corrected chi connectivity index (χ0v) is 9.65. The zero-order valence-electron chi connectivity index (χ0n) is 9.65. The Morgan fingerprint density at radius 3 is 2.62 bits per heavy atom. The zero-order chi connectivity index (χ0) is 12.0. The average molecular weight is 239 g/mol. The first-order valence-corrected chi connectivity index (χ1v) is 5.84. The largest absolute Gasteiger partial charge is 0.391 e. The first kappa shape index (κ1) is 13.8. The summed E-state index contributed by atoms with van der Waals surface area (Å²) in [5, 5.41) is 3.24. The molecule has 2 unspecified atom stereocenters. The van der Waals surface area contributed by atoms with Gasteiger partial charge in [-0.15, -0.1) is 0 Å². The molecule has 0 heterocycles. The maximum atomic E-state index is 11.8. The second-order valence-corrected chi connectivity index (χ2v) is 4.35. The minimum Gasteiger partial charge on any atom is -0.381 e. The third kappa shape index (κ3) is 5.16. The first-order valence-electron chi connectivity index (χ1n) is 5.84. The van der Waals surface area contributed by atoms with E-state index in [4.69, 9.17) is 4.74 Å². The number of nitrogens with one attached hydrogen (secondary N) is 1. The molecule has 0 aromatic carbocycles. The van der Waals surface area contributed by atoms with E-state index >= 15 is 0 Å². The van der Waals surface area contributed by atoms with Crippen LogP contribution in [0.25, 0.3) is 0 Å². The van der Waals surface area contributed by atoms with Crippen LogP contribution in [-0.4, -0.2) is 32.5 Å². The Kier molecular flexibility index (Phi) is 5.55. The maximum Gasteiger partial charge on any atom is 0.391 e. The fourth-order valence-corrected chi connectivity index (χ4v) is 2.29. The molecule has 1 rings (SSSR count). The highest BCUT2D eigenvalue weighted by molar-refractivity contribution is 4.81. The summed E-state index contributed by atoms with van der Waals surface area (Å²) in [5.41, 5.74) is 0. The Bertz CT molecular complexity index is 196. The fraction of sp³-hybridized carbons (Fsp3) is 1.00. The van der Waals surface area contributed by atoms with Gasteiger partial charge in [0, 0.05) is 12.6 Å². The summed E-state index contributed by atoms with van der Waals surface area (Å²) in [6.45, 7) is 0.235. The summed E-state index contributed by atoms with van der Waals surface area (Å²) in [6, 6.07) is 0.520. The standard InChI is InChI=1S/C11H20F3NO/c1-15-10-4-2-3-9(10)5-7-16-8-6-11(12,13)14/h9-10,15H,2-8H2,1H3. The molecular weight excluding hydrogens is 219 g/mol. The van der Waals surface area contributed by atoms with Crippen molar-refractivity contribution in [2.24, 2.45) is 5.92 Å². The summed E-state index contributed by atoms with van der Waals surface area (Å²) in [7, 11) is 1.94. The van der Waals surface area contributed by atoms with Crippen molar-refractivity contribution in [2.45, 2.75) is 44.3 Å². The summed E-state index contributed by atoms with van der Waals surface area (Å²) < 4.78 is 40.4. The predicted octanol–water partition coefficient (Wildman–Crippen LogP) is 2.73. The van der Waals surface area contributed by atoms with E-state index in [1.807, 2.05) is 7.05 Å². The molecule has 1 N–H and O–H groups in total. The molecule has 0 aromatic heterocycles. The minimum absolute atomic E-state index is 0.208. The minimum atomic E-state index is -4.10. The lowest BCUT2D eigenvalue weighted by Gasteiger charge is -2.18. The normalized spacial score (nSPS) is 26.2. The molecule has 0 radical (unpaired) electrons. The molecule has 2 atom stereocenters. The Hall–Kier alpha value is -0.290. The van der Waals surface area contributed by atoms with E-state index in [1.165, 1.54) is 12.8 Å². The predicted molar refractivity (Wildman–Crippen MR) is 56.3 cm³/mol. The Labute approximate surface area is 94.5 Å². The topological polar surface area (TPSA) is 21.3 Å². The Morgan fingerprint density at radius 2 is 2.00 bits per heavy atom. The Balaban J connectivity index is 2.03. The van der Waals surface area contributed by atoms with Crippen molar-refractivity contribution in [1.29, 1.82) is 0 Å². The number of hydrogen-bond acceptors (Lipinski definition) is 2. The van der Waals surface area contributed by atoms with Gasteiger partial charge in [-0.1, -0.05) is 6.42 Å². The van der Waals surface area contributed by atoms with E-state index in [9.17, 15) is 13.2 Å². The van der Waals surface area contributed by atoms with Gasteiger partial charge in [0.2, 0.25) is 0 Å². The summed E-state index contributed by atoms with van der Waals surface area (Å²) in [6.07, 6.45) is -0.534. The van der Waals surface area contributed by atoms with Gasteiger partial charge in [-0.25, -0.2) is 0 Å². The van der Waals surface area contributed by atoms with Gasteiger partial charge in [0.1, 0.15) is 0 Å². The second kappa shape index (κ2) is 6.45. The van der Waals surface area contributed by atoms with E-state index in [-0.39, 0.29) is 6.61 Å². The molecule has 1 aliphatic rings. The quantitative estimate of drug-likeness (QED) is 0.720. The highest BCUT2D eigenvalue weighted by atomic mass is 19.4. The van der Waals surface area contributed by atoms with Crippen LogP contribution in [0.15, 0.2) is 0 Å². The van der Waals surface area contributed by atoms with Crippen molar-refractivity contribution in [3.05, 3.63) is 0 Å². The van der Waals surface area contributed by atoms with Crippen molar-refractivity contribution in [2.75, 3.05) is 20.3 Å². The van der Waals surface area contributed by atoms with Gasteiger partial charge in [-0.2, -0.15) is 13.2 Å². The van der Waals surface area contributed by atoms with Crippen LogP contribution in [0, 0.1) is 5.92 Å². The van der Waals surface area contributed by atoms with Crippen LogP contribution in [0.4, 0.5) is 13.2 Å². The van der Waals surface area contributed by atoms with Gasteiger partial charge in [0.15, 0.2) is 0 Å². The van der Waals surface area contributed by atoms with Crippen LogP contribution < -0.4 is 5.32 Å². The van der Waals surface area contributed by atoms with Gasteiger partial charge in [0.05, 0.1) is 13.0 Å². The van der Waals surface area contributed by atoms with E-state index in [1.54, 1.807) is 0 Å². The lowest BCUT2D eigenvalue weighted by atomic mass is 10.0. The molecule has 0 saturated heterocycles. The van der Waals surface area contributed by atoms with Crippen LogP contribution in [0.2, 0.25) is 0 Å². The van der Waals surface area contributed by atoms with Crippen LogP contribution in [-0.2, 0) is 4.74 Å². The van der Waals surface area contributed by atoms with Crippen molar-refractivity contribution in [3.8, 4) is 0 Å². The summed E-state index contributed by atoms with van der Waals surface area (Å²) >= 11 is 0. The molecule has 0 aromatic rings. The molecule has 0 aliphatic heterocycles. The van der Waals surface area contributed by atoms with Crippen molar-refractivity contribution < 1.29 is 17.9 Å². The fourth-order valence-electron chi connectivity index (χ4n) is 2.29. The summed E-state index contributed by atoms with van der Waals surface area (Å²) in [5.74, 6) is 0.566. The lowest BCUT2D eigenvalue weighted by Crippen LogP contribution is -2.29. The molecule has 1 saturated carbocycles. The molecule has 0 spiro atoms. The van der Waals surface area contributed by atoms with Gasteiger partial charge in [-0.3, -0.25) is 0 Å². The molecule has 0 amide bonds. The van der Waals surface area contributed by atoms with Crippen LogP contribution in [0.3, 0.4) is 0 Å². The molecule has 0 bridgehead atoms. The van der Waals surface area contributed by atoms with Crippen LogP contribution in [0.1, 0.15) is 32.1 Å². The smallest absolute Gasteiger partial charge is 0.381 e. The number of halogens is 3. The van der Waals surface area contributed by atoms with E-state index < -0.39 is 12.6 Å². The monoisotopic (exact) mass is 239 g/mol. The lowest BCUT2D eigenvalue weighted by molar-refractivity contribution is -0.145. The number of rotatable bonds is 6. The molecule has 2 nitrogen and oxygen atoms in total. The Morgan fingerprint density at radius 1 is 1.25 bits per heavy atom.